The Hall–Kier alpha value is -1.50. The van der Waals surface area contributed by atoms with Crippen molar-refractivity contribution in [1.29, 1.82) is 0 Å². The Labute approximate surface area is 102 Å². The summed E-state index contributed by atoms with van der Waals surface area (Å²) in [5.74, 6) is -1.17. The molecule has 2 amide bonds. The summed E-state index contributed by atoms with van der Waals surface area (Å²) < 4.78 is 0. The van der Waals surface area contributed by atoms with E-state index in [0.29, 0.717) is 11.3 Å². The van der Waals surface area contributed by atoms with Gasteiger partial charge in [0.15, 0.2) is 0 Å². The van der Waals surface area contributed by atoms with Crippen molar-refractivity contribution in [1.82, 2.24) is 10.2 Å². The van der Waals surface area contributed by atoms with Crippen LogP contribution in [0.15, 0.2) is 11.3 Å². The molecule has 92 valence electrons. The van der Waals surface area contributed by atoms with Crippen LogP contribution < -0.4 is 5.32 Å². The van der Waals surface area contributed by atoms with Gasteiger partial charge in [-0.15, -0.1) is 11.8 Å². The highest BCUT2D eigenvalue weighted by molar-refractivity contribution is 8.00. The van der Waals surface area contributed by atoms with Gasteiger partial charge in [0.2, 0.25) is 5.91 Å². The Bertz CT molecular complexity index is 446. The highest BCUT2D eigenvalue weighted by Gasteiger charge is 2.53. The lowest BCUT2D eigenvalue weighted by molar-refractivity contribution is -0.150. The van der Waals surface area contributed by atoms with Crippen LogP contribution in [0.2, 0.25) is 0 Å². The van der Waals surface area contributed by atoms with Crippen molar-refractivity contribution in [2.45, 2.75) is 25.3 Å². The minimum Gasteiger partial charge on any atom is -0.477 e. The van der Waals surface area contributed by atoms with Gasteiger partial charge in [-0.25, -0.2) is 4.79 Å². The van der Waals surface area contributed by atoms with Crippen LogP contribution in [-0.4, -0.2) is 45.0 Å². The highest BCUT2D eigenvalue weighted by atomic mass is 32.2. The van der Waals surface area contributed by atoms with Crippen LogP contribution in [0.1, 0.15) is 13.8 Å². The van der Waals surface area contributed by atoms with Crippen molar-refractivity contribution in [3.63, 3.8) is 0 Å². The largest absolute Gasteiger partial charge is 0.477 e. The normalized spacial score (nSPS) is 27.4. The van der Waals surface area contributed by atoms with E-state index in [1.165, 1.54) is 23.6 Å². The minimum absolute atomic E-state index is 0.0559. The molecule has 0 aromatic carbocycles. The van der Waals surface area contributed by atoms with Gasteiger partial charge in [-0.1, -0.05) is 0 Å². The summed E-state index contributed by atoms with van der Waals surface area (Å²) in [5.41, 5.74) is 0.730. The predicted octanol–water partition coefficient (Wildman–Crippen LogP) is -0.235. The van der Waals surface area contributed by atoms with Gasteiger partial charge in [-0.05, 0) is 12.5 Å². The fraction of sp³-hybridized carbons (Fsp3) is 0.500. The summed E-state index contributed by atoms with van der Waals surface area (Å²) in [5, 5.41) is 11.3. The number of fused-ring (bicyclic) bond motifs is 1. The van der Waals surface area contributed by atoms with Crippen molar-refractivity contribution in [2.75, 3.05) is 5.75 Å². The van der Waals surface area contributed by atoms with E-state index in [4.69, 9.17) is 5.11 Å². The van der Waals surface area contributed by atoms with Crippen molar-refractivity contribution in [3.05, 3.63) is 11.3 Å². The molecule has 2 rings (SSSR count). The molecule has 0 aliphatic carbocycles. The third-order valence-electron chi connectivity index (χ3n) is 2.72. The lowest BCUT2D eigenvalue weighted by Gasteiger charge is -2.49. The Morgan fingerprint density at radius 2 is 2.18 bits per heavy atom. The molecule has 0 aromatic rings. The molecule has 7 heteroatoms. The van der Waals surface area contributed by atoms with E-state index >= 15 is 0 Å². The fourth-order valence-electron chi connectivity index (χ4n) is 1.99. The number of hydrogen-bond donors (Lipinski definition) is 2. The molecular formula is C10H12N2O4S. The third-order valence-corrected chi connectivity index (χ3v) is 4.14. The van der Waals surface area contributed by atoms with Crippen LogP contribution in [0, 0.1) is 0 Å². The molecule has 2 aliphatic heterocycles. The number of aliphatic carboxylic acids is 1. The number of nitrogens with zero attached hydrogens (tertiary/aromatic N) is 1. The summed E-state index contributed by atoms with van der Waals surface area (Å²) in [7, 11) is 0. The van der Waals surface area contributed by atoms with E-state index in [-0.39, 0.29) is 22.9 Å². The quantitative estimate of drug-likeness (QED) is 0.666. The Morgan fingerprint density at radius 1 is 1.53 bits per heavy atom. The number of carbonyl (C=O) groups is 3. The minimum atomic E-state index is -1.09. The van der Waals surface area contributed by atoms with Crippen molar-refractivity contribution in [2.24, 2.45) is 0 Å². The molecule has 2 atom stereocenters. The molecule has 2 aliphatic rings. The molecule has 0 radical (unpaired) electrons. The maximum absolute atomic E-state index is 11.8. The van der Waals surface area contributed by atoms with Crippen LogP contribution in [-0.2, 0) is 14.4 Å². The number of carbonyl (C=O) groups excluding carboxylic acids is 2. The van der Waals surface area contributed by atoms with Crippen LogP contribution >= 0.6 is 11.8 Å². The van der Waals surface area contributed by atoms with Gasteiger partial charge in [-0.3, -0.25) is 14.5 Å². The SMILES string of the molecule is CC(=O)N[C@@H]1C(=O)N2C(C(=O)O)=C(C)CSC12. The standard InChI is InChI=1S/C10H12N2O4S/c1-4-3-17-9-6(11-5(2)13)8(14)12(9)7(4)10(15)16/h6,9H,3H2,1-2H3,(H,11,13)(H,15,16)/t6-,9?/m1/s1. The molecule has 1 unspecified atom stereocenters. The van der Waals surface area contributed by atoms with Gasteiger partial charge in [-0.2, -0.15) is 0 Å². The first-order valence-corrected chi connectivity index (χ1v) is 6.13. The van der Waals surface area contributed by atoms with E-state index < -0.39 is 12.0 Å². The number of rotatable bonds is 2. The molecular weight excluding hydrogens is 244 g/mol. The van der Waals surface area contributed by atoms with Gasteiger partial charge in [0.1, 0.15) is 17.1 Å². The zero-order chi connectivity index (χ0) is 12.7. The zero-order valence-corrected chi connectivity index (χ0v) is 10.2. The monoisotopic (exact) mass is 256 g/mol. The number of β-lactam (4-membered cyclic amide) rings is 1. The Morgan fingerprint density at radius 3 is 2.71 bits per heavy atom. The van der Waals surface area contributed by atoms with E-state index in [1.54, 1.807) is 6.92 Å². The second-order valence-electron chi connectivity index (χ2n) is 4.02. The van der Waals surface area contributed by atoms with E-state index in [9.17, 15) is 14.4 Å². The first kappa shape index (κ1) is 12.0. The van der Waals surface area contributed by atoms with Crippen LogP contribution in [0.3, 0.4) is 0 Å². The summed E-state index contributed by atoms with van der Waals surface area (Å²) in [6.07, 6.45) is 0. The number of amides is 2. The molecule has 1 fully saturated rings. The lowest BCUT2D eigenvalue weighted by atomic mass is 10.0. The predicted molar refractivity (Wildman–Crippen MR) is 61.0 cm³/mol. The van der Waals surface area contributed by atoms with E-state index in [1.807, 2.05) is 0 Å². The van der Waals surface area contributed by atoms with Gasteiger partial charge in [0, 0.05) is 12.7 Å². The number of hydrogen-bond acceptors (Lipinski definition) is 4. The molecule has 2 N–H and O–H groups in total. The molecule has 2 heterocycles. The summed E-state index contributed by atoms with van der Waals surface area (Å²) in [6, 6.07) is -0.597. The van der Waals surface area contributed by atoms with E-state index in [2.05, 4.69) is 5.32 Å². The van der Waals surface area contributed by atoms with Gasteiger partial charge in [0.25, 0.3) is 5.91 Å². The first-order chi connectivity index (χ1) is 7.93. The molecule has 1 saturated heterocycles. The summed E-state index contributed by atoms with van der Waals surface area (Å²) in [4.78, 5) is 35.1. The second-order valence-corrected chi connectivity index (χ2v) is 5.13. The topological polar surface area (TPSA) is 86.7 Å². The number of thioether (sulfide) groups is 1. The average Bonchev–Trinajstić information content (AvgIpc) is 2.24. The second kappa shape index (κ2) is 4.06. The average molecular weight is 256 g/mol. The number of carboxylic acid groups (broad SMARTS) is 1. The summed E-state index contributed by atoms with van der Waals surface area (Å²) >= 11 is 1.47. The molecule has 0 aromatic heterocycles. The fourth-order valence-corrected chi connectivity index (χ4v) is 3.29. The Kier molecular flexibility index (Phi) is 2.86. The summed E-state index contributed by atoms with van der Waals surface area (Å²) in [6.45, 7) is 3.04. The van der Waals surface area contributed by atoms with Crippen LogP contribution in [0.5, 0.6) is 0 Å². The van der Waals surface area contributed by atoms with Crippen LogP contribution in [0.25, 0.3) is 0 Å². The molecule has 0 saturated carbocycles. The molecule has 6 nitrogen and oxygen atoms in total. The van der Waals surface area contributed by atoms with Crippen molar-refractivity contribution in [3.8, 4) is 0 Å². The maximum atomic E-state index is 11.8. The Balaban J connectivity index is 2.24. The third kappa shape index (κ3) is 1.80. The smallest absolute Gasteiger partial charge is 0.352 e. The first-order valence-electron chi connectivity index (χ1n) is 5.08. The van der Waals surface area contributed by atoms with Gasteiger partial charge < -0.3 is 10.4 Å². The van der Waals surface area contributed by atoms with Crippen LogP contribution in [0.4, 0.5) is 0 Å². The lowest BCUT2D eigenvalue weighted by Crippen LogP contribution is -2.70. The number of carboxylic acids is 1. The van der Waals surface area contributed by atoms with Gasteiger partial charge >= 0.3 is 5.97 Å². The maximum Gasteiger partial charge on any atom is 0.352 e. The highest BCUT2D eigenvalue weighted by Crippen LogP contribution is 2.39. The van der Waals surface area contributed by atoms with Crippen molar-refractivity contribution >= 4 is 29.5 Å². The van der Waals surface area contributed by atoms with Gasteiger partial charge in [0.05, 0.1) is 0 Å². The van der Waals surface area contributed by atoms with Crippen molar-refractivity contribution < 1.29 is 19.5 Å². The zero-order valence-electron chi connectivity index (χ0n) is 9.39. The number of nitrogens with one attached hydrogen (secondary N) is 1. The van der Waals surface area contributed by atoms with E-state index in [0.717, 1.165) is 0 Å². The molecule has 17 heavy (non-hydrogen) atoms. The molecule has 0 bridgehead atoms. The molecule has 0 spiro atoms.